The number of aromatic nitrogens is 2. The highest BCUT2D eigenvalue weighted by Crippen LogP contribution is 2.45. The van der Waals surface area contributed by atoms with Gasteiger partial charge in [0.1, 0.15) is 0 Å². The number of nitrogens with zero attached hydrogens (tertiary/aromatic N) is 2. The predicted molar refractivity (Wildman–Crippen MR) is 219 cm³/mol. The van der Waals surface area contributed by atoms with Crippen molar-refractivity contribution in [1.82, 2.24) is 9.13 Å². The Labute approximate surface area is 298 Å². The third kappa shape index (κ3) is 4.22. The van der Waals surface area contributed by atoms with Gasteiger partial charge in [0.15, 0.2) is 0 Å². The van der Waals surface area contributed by atoms with Gasteiger partial charge in [-0.05, 0) is 89.0 Å². The maximum Gasteiger partial charge on any atom is 0.0555 e. The lowest BCUT2D eigenvalue weighted by molar-refractivity contribution is 1.18. The van der Waals surface area contributed by atoms with Crippen molar-refractivity contribution < 1.29 is 0 Å². The highest BCUT2D eigenvalue weighted by Gasteiger charge is 2.20. The van der Waals surface area contributed by atoms with Crippen molar-refractivity contribution in [2.45, 2.75) is 0 Å². The zero-order valence-electron chi connectivity index (χ0n) is 27.6. The fraction of sp³-hybridized carbons (Fsp3) is 0. The second-order valence-electron chi connectivity index (χ2n) is 13.3. The van der Waals surface area contributed by atoms with Crippen molar-refractivity contribution in [3.63, 3.8) is 0 Å². The van der Waals surface area contributed by atoms with E-state index in [4.69, 9.17) is 0 Å². The smallest absolute Gasteiger partial charge is 0.0555 e. The highest BCUT2D eigenvalue weighted by atomic mass is 32.1. The normalized spacial score (nSPS) is 11.9. The van der Waals surface area contributed by atoms with E-state index in [0.717, 1.165) is 0 Å². The number of hydrogen-bond donors (Lipinski definition) is 0. The van der Waals surface area contributed by atoms with Gasteiger partial charge in [0.05, 0.1) is 27.8 Å². The minimum absolute atomic E-state index is 1.18. The number of thiophene rings is 1. The zero-order chi connectivity index (χ0) is 33.5. The van der Waals surface area contributed by atoms with E-state index in [9.17, 15) is 0 Å². The Bertz CT molecular complexity index is 3130. The van der Waals surface area contributed by atoms with Crippen LogP contribution in [0.2, 0.25) is 0 Å². The molecule has 0 fully saturated rings. The Morgan fingerprint density at radius 3 is 1.55 bits per heavy atom. The molecule has 0 spiro atoms. The van der Waals surface area contributed by atoms with Crippen LogP contribution in [0.5, 0.6) is 0 Å². The standard InChI is InChI=1S/C48H30N2S/c1-3-13-31(14-4-1)35-19-11-23-45-47(35)48-44(22-12-24-46(48)51-45)50-41-21-10-8-18-37(41)39-30-33(26-28-43(39)50)32-25-27-42-38(29-32)36-17-7-9-20-40(36)49(42)34-15-5-2-6-16-34/h1-30H. The average molecular weight is 667 g/mol. The molecule has 0 unspecified atom stereocenters. The van der Waals surface area contributed by atoms with Crippen LogP contribution in [0.3, 0.4) is 0 Å². The number of hydrogen-bond acceptors (Lipinski definition) is 1. The molecule has 3 heterocycles. The molecule has 8 aromatic carbocycles. The molecule has 11 rings (SSSR count). The summed E-state index contributed by atoms with van der Waals surface area (Å²) in [6.45, 7) is 0. The third-order valence-corrected chi connectivity index (χ3v) is 11.6. The number of rotatable bonds is 4. The number of para-hydroxylation sites is 3. The van der Waals surface area contributed by atoms with Gasteiger partial charge in [-0.2, -0.15) is 0 Å². The summed E-state index contributed by atoms with van der Waals surface area (Å²) in [5.41, 5.74) is 12.2. The molecule has 0 aliphatic rings. The van der Waals surface area contributed by atoms with Crippen molar-refractivity contribution in [2.24, 2.45) is 0 Å². The predicted octanol–water partition coefficient (Wildman–Crippen LogP) is 13.6. The highest BCUT2D eigenvalue weighted by molar-refractivity contribution is 7.26. The van der Waals surface area contributed by atoms with E-state index in [1.54, 1.807) is 0 Å². The van der Waals surface area contributed by atoms with Crippen LogP contribution in [-0.2, 0) is 0 Å². The molecule has 51 heavy (non-hydrogen) atoms. The fourth-order valence-electron chi connectivity index (χ4n) is 8.31. The Morgan fingerprint density at radius 1 is 0.333 bits per heavy atom. The second-order valence-corrected chi connectivity index (χ2v) is 14.4. The van der Waals surface area contributed by atoms with E-state index >= 15 is 0 Å². The molecule has 2 nitrogen and oxygen atoms in total. The van der Waals surface area contributed by atoms with Crippen LogP contribution in [0.15, 0.2) is 182 Å². The minimum Gasteiger partial charge on any atom is -0.309 e. The molecule has 0 radical (unpaired) electrons. The van der Waals surface area contributed by atoms with Gasteiger partial charge in [-0.3, -0.25) is 0 Å². The molecule has 0 saturated carbocycles. The summed E-state index contributed by atoms with van der Waals surface area (Å²) < 4.78 is 7.48. The minimum atomic E-state index is 1.18. The first-order valence-electron chi connectivity index (χ1n) is 17.4. The van der Waals surface area contributed by atoms with Crippen LogP contribution in [-0.4, -0.2) is 9.13 Å². The van der Waals surface area contributed by atoms with Crippen LogP contribution in [0.1, 0.15) is 0 Å². The number of fused-ring (bicyclic) bond motifs is 9. The molecular weight excluding hydrogens is 637 g/mol. The first-order chi connectivity index (χ1) is 25.3. The van der Waals surface area contributed by atoms with Gasteiger partial charge in [-0.15, -0.1) is 11.3 Å². The van der Waals surface area contributed by atoms with E-state index in [1.165, 1.54) is 97.4 Å². The van der Waals surface area contributed by atoms with Gasteiger partial charge < -0.3 is 9.13 Å². The molecular formula is C48H30N2S. The quantitative estimate of drug-likeness (QED) is 0.177. The van der Waals surface area contributed by atoms with E-state index in [2.05, 4.69) is 191 Å². The van der Waals surface area contributed by atoms with Crippen LogP contribution in [0.4, 0.5) is 0 Å². The molecule has 0 saturated heterocycles. The van der Waals surface area contributed by atoms with Crippen molar-refractivity contribution in [1.29, 1.82) is 0 Å². The summed E-state index contributed by atoms with van der Waals surface area (Å²) in [6, 6.07) is 66.6. The lowest BCUT2D eigenvalue weighted by atomic mass is 9.99. The Balaban J connectivity index is 1.14. The third-order valence-electron chi connectivity index (χ3n) is 10.5. The molecule has 0 amide bonds. The van der Waals surface area contributed by atoms with Crippen molar-refractivity contribution in [2.75, 3.05) is 0 Å². The maximum absolute atomic E-state index is 2.49. The molecule has 0 aliphatic carbocycles. The SMILES string of the molecule is c1ccc(-c2cccc3sc4cccc(-n5c6ccccc6c6cc(-c7ccc8c(c7)c7ccccc7n8-c7ccccc7)ccc65)c4c23)cc1. The van der Waals surface area contributed by atoms with Crippen LogP contribution < -0.4 is 0 Å². The van der Waals surface area contributed by atoms with Crippen LogP contribution in [0.25, 0.3) is 97.4 Å². The van der Waals surface area contributed by atoms with Gasteiger partial charge in [0.25, 0.3) is 0 Å². The average Bonchev–Trinajstić information content (AvgIpc) is 3.86. The molecule has 0 N–H and O–H groups in total. The summed E-state index contributed by atoms with van der Waals surface area (Å²) in [5.74, 6) is 0. The number of benzene rings is 8. The lowest BCUT2D eigenvalue weighted by Crippen LogP contribution is -1.95. The second kappa shape index (κ2) is 11.0. The van der Waals surface area contributed by atoms with Crippen LogP contribution in [0, 0.1) is 0 Å². The topological polar surface area (TPSA) is 9.86 Å². The lowest BCUT2D eigenvalue weighted by Gasteiger charge is -2.12. The molecule has 3 aromatic heterocycles. The van der Waals surface area contributed by atoms with Crippen molar-refractivity contribution in [3.8, 4) is 33.6 Å². The van der Waals surface area contributed by atoms with E-state index in [0.29, 0.717) is 0 Å². The summed E-state index contributed by atoms with van der Waals surface area (Å²) in [5, 5.41) is 7.68. The first-order valence-corrected chi connectivity index (χ1v) is 18.3. The summed E-state index contributed by atoms with van der Waals surface area (Å²) in [7, 11) is 0. The molecule has 0 atom stereocenters. The van der Waals surface area contributed by atoms with E-state index in [1.807, 2.05) is 11.3 Å². The van der Waals surface area contributed by atoms with Crippen LogP contribution >= 0.6 is 11.3 Å². The summed E-state index contributed by atoms with van der Waals surface area (Å²) in [4.78, 5) is 0. The fourth-order valence-corrected chi connectivity index (χ4v) is 9.47. The molecule has 238 valence electrons. The van der Waals surface area contributed by atoms with E-state index < -0.39 is 0 Å². The van der Waals surface area contributed by atoms with Gasteiger partial charge in [0.2, 0.25) is 0 Å². The Kier molecular flexibility index (Phi) is 6.16. The van der Waals surface area contributed by atoms with Gasteiger partial charge in [-0.25, -0.2) is 0 Å². The first kappa shape index (κ1) is 28.4. The van der Waals surface area contributed by atoms with Gasteiger partial charge in [0, 0.05) is 47.4 Å². The largest absolute Gasteiger partial charge is 0.309 e. The van der Waals surface area contributed by atoms with Gasteiger partial charge in [-0.1, -0.05) is 115 Å². The molecule has 11 aromatic rings. The van der Waals surface area contributed by atoms with Crippen molar-refractivity contribution in [3.05, 3.63) is 182 Å². The summed E-state index contributed by atoms with van der Waals surface area (Å²) in [6.07, 6.45) is 0. The zero-order valence-corrected chi connectivity index (χ0v) is 28.4. The maximum atomic E-state index is 2.49. The molecule has 0 bridgehead atoms. The molecule has 3 heteroatoms. The Hall–Kier alpha value is -6.42. The summed E-state index contributed by atoms with van der Waals surface area (Å²) >= 11 is 1.88. The Morgan fingerprint density at radius 2 is 0.863 bits per heavy atom. The molecule has 0 aliphatic heterocycles. The van der Waals surface area contributed by atoms with Gasteiger partial charge >= 0.3 is 0 Å². The van der Waals surface area contributed by atoms with E-state index in [-0.39, 0.29) is 0 Å². The monoisotopic (exact) mass is 666 g/mol. The van der Waals surface area contributed by atoms with Crippen molar-refractivity contribution >= 4 is 75.1 Å².